The van der Waals surface area contributed by atoms with Crippen LogP contribution < -0.4 is 0 Å². The first-order chi connectivity index (χ1) is 9.70. The Hall–Kier alpha value is -1.60. The molecule has 2 rings (SSSR count). The minimum Gasteiger partial charge on any atom is -0.385 e. The van der Waals surface area contributed by atoms with Crippen molar-refractivity contribution in [2.75, 3.05) is 13.7 Å². The van der Waals surface area contributed by atoms with E-state index in [0.29, 0.717) is 0 Å². The molecule has 0 fully saturated rings. The van der Waals surface area contributed by atoms with Gasteiger partial charge in [0.15, 0.2) is 0 Å². The van der Waals surface area contributed by atoms with Crippen LogP contribution in [-0.2, 0) is 4.74 Å². The van der Waals surface area contributed by atoms with Crippen LogP contribution in [0.5, 0.6) is 0 Å². The van der Waals surface area contributed by atoms with Crippen LogP contribution >= 0.6 is 0 Å². The van der Waals surface area contributed by atoms with Crippen molar-refractivity contribution in [2.24, 2.45) is 0 Å². The van der Waals surface area contributed by atoms with Crippen molar-refractivity contribution in [3.8, 4) is 0 Å². The van der Waals surface area contributed by atoms with Crippen LogP contribution in [0.15, 0.2) is 60.7 Å². The van der Waals surface area contributed by atoms with Crippen LogP contribution in [0.1, 0.15) is 31.9 Å². The monoisotopic (exact) mass is 274 g/mol. The summed E-state index contributed by atoms with van der Waals surface area (Å²) in [6, 6.07) is 20.5. The van der Waals surface area contributed by atoms with E-state index in [-0.39, 0.29) is 0 Å². The third-order valence-electron chi connectivity index (χ3n) is 2.17. The van der Waals surface area contributed by atoms with E-state index in [2.05, 4.69) is 42.8 Å². The van der Waals surface area contributed by atoms with Gasteiger partial charge in [0.2, 0.25) is 0 Å². The lowest BCUT2D eigenvalue weighted by molar-refractivity contribution is 0.215. The van der Waals surface area contributed by atoms with Gasteiger partial charge in [-0.1, -0.05) is 85.6 Å². The lowest BCUT2D eigenvalue weighted by Gasteiger charge is -1.82. The standard InChI is InChI=1S/2C7H8.C3H8O.C2H6/c2*1-7-5-3-2-4-6-7;1-3-4-2;1-2/h2*2-6H,1H3;3H2,1-2H3;1-2H3. The molecule has 0 unspecified atom stereocenters. The molecule has 2 aromatic carbocycles. The highest BCUT2D eigenvalue weighted by atomic mass is 16.5. The van der Waals surface area contributed by atoms with Gasteiger partial charge in [0.1, 0.15) is 0 Å². The fourth-order valence-corrected chi connectivity index (χ4v) is 1.07. The summed E-state index contributed by atoms with van der Waals surface area (Å²) in [5.41, 5.74) is 2.64. The van der Waals surface area contributed by atoms with E-state index in [1.807, 2.05) is 57.2 Å². The maximum absolute atomic E-state index is 4.54. The lowest BCUT2D eigenvalue weighted by Crippen LogP contribution is -1.73. The summed E-state index contributed by atoms with van der Waals surface area (Å²) in [4.78, 5) is 0. The minimum atomic E-state index is 0.819. The molecule has 0 aliphatic carbocycles. The van der Waals surface area contributed by atoms with Crippen LogP contribution in [0.25, 0.3) is 0 Å². The summed E-state index contributed by atoms with van der Waals surface area (Å²) in [5, 5.41) is 0. The van der Waals surface area contributed by atoms with Gasteiger partial charge in [-0.05, 0) is 20.8 Å². The predicted octanol–water partition coefficient (Wildman–Crippen LogP) is 5.67. The Morgan fingerprint density at radius 3 is 1.05 bits per heavy atom. The van der Waals surface area contributed by atoms with Crippen LogP contribution in [0.2, 0.25) is 0 Å². The van der Waals surface area contributed by atoms with Gasteiger partial charge in [0.05, 0.1) is 0 Å². The average Bonchev–Trinajstić information content (AvgIpc) is 2.52. The fraction of sp³-hybridized carbons (Fsp3) is 0.368. The Bertz CT molecular complexity index is 328. The molecule has 0 heterocycles. The predicted molar refractivity (Wildman–Crippen MR) is 91.3 cm³/mol. The molecule has 0 aliphatic heterocycles. The topological polar surface area (TPSA) is 9.23 Å². The van der Waals surface area contributed by atoms with Crippen LogP contribution in [-0.4, -0.2) is 13.7 Å². The van der Waals surface area contributed by atoms with Crippen molar-refractivity contribution in [2.45, 2.75) is 34.6 Å². The molecular formula is C19H30O. The third-order valence-corrected chi connectivity index (χ3v) is 2.17. The van der Waals surface area contributed by atoms with E-state index in [0.717, 1.165) is 6.61 Å². The average molecular weight is 274 g/mol. The highest BCUT2D eigenvalue weighted by Gasteiger charge is 1.72. The number of methoxy groups -OCH3 is 1. The number of benzene rings is 2. The Balaban J connectivity index is 0. The molecule has 0 bridgehead atoms. The van der Waals surface area contributed by atoms with Gasteiger partial charge in [0, 0.05) is 13.7 Å². The summed E-state index contributed by atoms with van der Waals surface area (Å²) in [5.74, 6) is 0. The first-order valence-electron chi connectivity index (χ1n) is 7.23. The van der Waals surface area contributed by atoms with E-state index >= 15 is 0 Å². The number of hydrogen-bond donors (Lipinski definition) is 0. The molecule has 0 amide bonds. The largest absolute Gasteiger partial charge is 0.385 e. The molecule has 0 saturated carbocycles. The molecule has 0 saturated heterocycles. The van der Waals surface area contributed by atoms with E-state index < -0.39 is 0 Å². The summed E-state index contributed by atoms with van der Waals surface area (Å²) in [6.07, 6.45) is 0. The second-order valence-corrected chi connectivity index (χ2v) is 3.89. The molecule has 2 aromatic rings. The van der Waals surface area contributed by atoms with Gasteiger partial charge in [-0.25, -0.2) is 0 Å². The third kappa shape index (κ3) is 16.4. The minimum absolute atomic E-state index is 0.819. The van der Waals surface area contributed by atoms with Crippen molar-refractivity contribution >= 4 is 0 Å². The maximum Gasteiger partial charge on any atom is 0.0433 e. The number of rotatable bonds is 1. The molecule has 112 valence electrons. The number of aryl methyl sites for hydroxylation is 2. The Morgan fingerprint density at radius 1 is 0.700 bits per heavy atom. The summed E-state index contributed by atoms with van der Waals surface area (Å²) in [6.45, 7) is 10.9. The maximum atomic E-state index is 4.54. The highest BCUT2D eigenvalue weighted by Crippen LogP contribution is 1.92. The van der Waals surface area contributed by atoms with Crippen molar-refractivity contribution in [1.29, 1.82) is 0 Å². The molecule has 0 atom stereocenters. The quantitative estimate of drug-likeness (QED) is 0.651. The Labute approximate surface area is 125 Å². The second-order valence-electron chi connectivity index (χ2n) is 3.89. The van der Waals surface area contributed by atoms with Gasteiger partial charge in [-0.3, -0.25) is 0 Å². The lowest BCUT2D eigenvalue weighted by atomic mass is 10.2. The zero-order valence-corrected chi connectivity index (χ0v) is 13.9. The molecule has 1 nitrogen and oxygen atoms in total. The highest BCUT2D eigenvalue weighted by molar-refractivity contribution is 5.12. The smallest absolute Gasteiger partial charge is 0.0433 e. The summed E-state index contributed by atoms with van der Waals surface area (Å²) in [7, 11) is 1.68. The summed E-state index contributed by atoms with van der Waals surface area (Å²) >= 11 is 0. The zero-order chi connectivity index (χ0) is 15.6. The SMILES string of the molecule is CC.CCOC.Cc1ccccc1.Cc1ccccc1. The van der Waals surface area contributed by atoms with E-state index in [1.54, 1.807) is 7.11 Å². The van der Waals surface area contributed by atoms with E-state index in [9.17, 15) is 0 Å². The van der Waals surface area contributed by atoms with Gasteiger partial charge in [-0.15, -0.1) is 0 Å². The van der Waals surface area contributed by atoms with E-state index in [1.165, 1.54) is 11.1 Å². The molecule has 20 heavy (non-hydrogen) atoms. The van der Waals surface area contributed by atoms with Gasteiger partial charge in [-0.2, -0.15) is 0 Å². The Morgan fingerprint density at radius 2 is 0.950 bits per heavy atom. The van der Waals surface area contributed by atoms with Crippen LogP contribution in [0.4, 0.5) is 0 Å². The van der Waals surface area contributed by atoms with Crippen molar-refractivity contribution in [1.82, 2.24) is 0 Å². The van der Waals surface area contributed by atoms with Gasteiger partial charge >= 0.3 is 0 Å². The normalized spacial score (nSPS) is 7.90. The van der Waals surface area contributed by atoms with Crippen LogP contribution in [0.3, 0.4) is 0 Å². The Kier molecular flexibility index (Phi) is 18.0. The molecule has 0 aliphatic rings. The zero-order valence-electron chi connectivity index (χ0n) is 13.9. The molecule has 1 heteroatoms. The molecule has 0 radical (unpaired) electrons. The molecular weight excluding hydrogens is 244 g/mol. The van der Waals surface area contributed by atoms with Crippen molar-refractivity contribution < 1.29 is 4.74 Å². The molecule has 0 aromatic heterocycles. The van der Waals surface area contributed by atoms with Gasteiger partial charge in [0.25, 0.3) is 0 Å². The number of hydrogen-bond acceptors (Lipinski definition) is 1. The first-order valence-corrected chi connectivity index (χ1v) is 7.23. The van der Waals surface area contributed by atoms with Crippen LogP contribution in [0, 0.1) is 13.8 Å². The van der Waals surface area contributed by atoms with Crippen molar-refractivity contribution in [3.63, 3.8) is 0 Å². The van der Waals surface area contributed by atoms with Gasteiger partial charge < -0.3 is 4.74 Å². The first kappa shape index (κ1) is 20.7. The summed E-state index contributed by atoms with van der Waals surface area (Å²) < 4.78 is 4.54. The molecule has 0 spiro atoms. The second kappa shape index (κ2) is 17.4. The van der Waals surface area contributed by atoms with E-state index in [4.69, 9.17) is 0 Å². The fourth-order valence-electron chi connectivity index (χ4n) is 1.07. The molecule has 0 N–H and O–H groups in total. The van der Waals surface area contributed by atoms with Crippen molar-refractivity contribution in [3.05, 3.63) is 71.8 Å². The number of ether oxygens (including phenoxy) is 1.